The van der Waals surface area contributed by atoms with Crippen molar-refractivity contribution in [3.8, 4) is 0 Å². The molecule has 88 valence electrons. The van der Waals surface area contributed by atoms with Gasteiger partial charge in [-0.2, -0.15) is 0 Å². The predicted octanol–water partition coefficient (Wildman–Crippen LogP) is 2.19. The van der Waals surface area contributed by atoms with E-state index >= 15 is 0 Å². The third-order valence-electron chi connectivity index (χ3n) is 3.64. The zero-order valence-corrected chi connectivity index (χ0v) is 10.8. The Morgan fingerprint density at radius 2 is 1.81 bits per heavy atom. The van der Waals surface area contributed by atoms with Crippen LogP contribution in [-0.2, 0) is 0 Å². The van der Waals surface area contributed by atoms with Crippen LogP contribution in [0.3, 0.4) is 0 Å². The Labute approximate surface area is 98.7 Å². The van der Waals surface area contributed by atoms with Crippen molar-refractivity contribution < 1.29 is 0 Å². The van der Waals surface area contributed by atoms with E-state index in [9.17, 15) is 0 Å². The number of piperazine rings is 1. The van der Waals surface area contributed by atoms with E-state index < -0.39 is 0 Å². The Morgan fingerprint density at radius 3 is 2.50 bits per heavy atom. The SMILES string of the molecule is Cc1cc(C)c(C2CN(C)CCN2)cc1C. The molecule has 1 fully saturated rings. The van der Waals surface area contributed by atoms with Gasteiger partial charge in [-0.25, -0.2) is 0 Å². The van der Waals surface area contributed by atoms with E-state index in [4.69, 9.17) is 0 Å². The molecule has 1 unspecified atom stereocenters. The van der Waals surface area contributed by atoms with Gasteiger partial charge in [-0.3, -0.25) is 0 Å². The summed E-state index contributed by atoms with van der Waals surface area (Å²) in [6.45, 7) is 9.96. The highest BCUT2D eigenvalue weighted by Crippen LogP contribution is 2.23. The molecule has 16 heavy (non-hydrogen) atoms. The molecule has 1 N–H and O–H groups in total. The van der Waals surface area contributed by atoms with Gasteiger partial charge in [0, 0.05) is 25.7 Å². The Kier molecular flexibility index (Phi) is 3.31. The smallest absolute Gasteiger partial charge is 0.0452 e. The molecule has 1 aliphatic rings. The molecule has 0 aliphatic carbocycles. The standard InChI is InChI=1S/C14H22N2/c1-10-7-12(3)13(8-11(10)2)14-9-16(4)6-5-15-14/h7-8,14-15H,5-6,9H2,1-4H3. The highest BCUT2D eigenvalue weighted by atomic mass is 15.2. The van der Waals surface area contributed by atoms with E-state index in [2.05, 4.69) is 50.2 Å². The van der Waals surface area contributed by atoms with Crippen molar-refractivity contribution in [1.29, 1.82) is 0 Å². The lowest BCUT2D eigenvalue weighted by Gasteiger charge is -2.32. The number of nitrogens with one attached hydrogen (secondary N) is 1. The maximum absolute atomic E-state index is 3.61. The molecular weight excluding hydrogens is 196 g/mol. The van der Waals surface area contributed by atoms with Crippen LogP contribution < -0.4 is 5.32 Å². The summed E-state index contributed by atoms with van der Waals surface area (Å²) in [6.07, 6.45) is 0. The normalized spacial score (nSPS) is 22.4. The molecule has 0 amide bonds. The van der Waals surface area contributed by atoms with E-state index in [1.165, 1.54) is 22.3 Å². The van der Waals surface area contributed by atoms with Crippen molar-refractivity contribution in [2.45, 2.75) is 26.8 Å². The summed E-state index contributed by atoms with van der Waals surface area (Å²) >= 11 is 0. The van der Waals surface area contributed by atoms with Gasteiger partial charge in [-0.1, -0.05) is 12.1 Å². The monoisotopic (exact) mass is 218 g/mol. The molecule has 1 heterocycles. The number of benzene rings is 1. The molecule has 0 bridgehead atoms. The van der Waals surface area contributed by atoms with Crippen LogP contribution in [0.2, 0.25) is 0 Å². The summed E-state index contributed by atoms with van der Waals surface area (Å²) in [7, 11) is 2.20. The first kappa shape index (κ1) is 11.6. The van der Waals surface area contributed by atoms with E-state index in [-0.39, 0.29) is 0 Å². The summed E-state index contributed by atoms with van der Waals surface area (Å²) in [5.74, 6) is 0. The molecule has 1 saturated heterocycles. The van der Waals surface area contributed by atoms with Gasteiger partial charge in [0.1, 0.15) is 0 Å². The van der Waals surface area contributed by atoms with Crippen molar-refractivity contribution in [3.63, 3.8) is 0 Å². The van der Waals surface area contributed by atoms with E-state index in [0.717, 1.165) is 19.6 Å². The summed E-state index contributed by atoms with van der Waals surface area (Å²) in [6, 6.07) is 5.15. The molecule has 0 radical (unpaired) electrons. The van der Waals surface area contributed by atoms with Crippen LogP contribution in [0, 0.1) is 20.8 Å². The minimum absolute atomic E-state index is 0.498. The van der Waals surface area contributed by atoms with Crippen LogP contribution >= 0.6 is 0 Å². The van der Waals surface area contributed by atoms with E-state index in [1.54, 1.807) is 0 Å². The van der Waals surface area contributed by atoms with Gasteiger partial charge in [0.2, 0.25) is 0 Å². The van der Waals surface area contributed by atoms with Crippen molar-refractivity contribution >= 4 is 0 Å². The lowest BCUT2D eigenvalue weighted by molar-refractivity contribution is 0.240. The minimum Gasteiger partial charge on any atom is -0.308 e. The van der Waals surface area contributed by atoms with Crippen LogP contribution in [0.5, 0.6) is 0 Å². The first-order valence-electron chi connectivity index (χ1n) is 6.07. The topological polar surface area (TPSA) is 15.3 Å². The van der Waals surface area contributed by atoms with Gasteiger partial charge in [-0.15, -0.1) is 0 Å². The Hall–Kier alpha value is -0.860. The number of nitrogens with zero attached hydrogens (tertiary/aromatic N) is 1. The number of hydrogen-bond acceptors (Lipinski definition) is 2. The lowest BCUT2D eigenvalue weighted by Crippen LogP contribution is -2.43. The number of likely N-dealkylation sites (N-methyl/N-ethyl adjacent to an activating group) is 1. The van der Waals surface area contributed by atoms with Crippen molar-refractivity contribution in [1.82, 2.24) is 10.2 Å². The molecule has 2 heteroatoms. The molecule has 0 spiro atoms. The zero-order valence-electron chi connectivity index (χ0n) is 10.8. The van der Waals surface area contributed by atoms with Gasteiger partial charge in [0.05, 0.1) is 0 Å². The molecule has 2 nitrogen and oxygen atoms in total. The Bertz CT molecular complexity index is 385. The molecule has 1 aromatic carbocycles. The fourth-order valence-electron chi connectivity index (χ4n) is 2.46. The largest absolute Gasteiger partial charge is 0.308 e. The van der Waals surface area contributed by atoms with Crippen LogP contribution in [-0.4, -0.2) is 31.6 Å². The average molecular weight is 218 g/mol. The Balaban J connectivity index is 2.29. The quantitative estimate of drug-likeness (QED) is 0.777. The Morgan fingerprint density at radius 1 is 1.12 bits per heavy atom. The molecular formula is C14H22N2. The number of aryl methyl sites for hydroxylation is 3. The van der Waals surface area contributed by atoms with Crippen molar-refractivity contribution in [3.05, 3.63) is 34.4 Å². The second-order valence-corrected chi connectivity index (χ2v) is 5.06. The van der Waals surface area contributed by atoms with Gasteiger partial charge >= 0.3 is 0 Å². The van der Waals surface area contributed by atoms with Gasteiger partial charge < -0.3 is 10.2 Å². The third-order valence-corrected chi connectivity index (χ3v) is 3.64. The predicted molar refractivity (Wildman–Crippen MR) is 68.9 cm³/mol. The maximum atomic E-state index is 3.61. The molecule has 0 saturated carbocycles. The molecule has 2 rings (SSSR count). The van der Waals surface area contributed by atoms with Crippen LogP contribution in [0.15, 0.2) is 12.1 Å². The first-order valence-corrected chi connectivity index (χ1v) is 6.07. The fraction of sp³-hybridized carbons (Fsp3) is 0.571. The minimum atomic E-state index is 0.498. The molecule has 0 aromatic heterocycles. The summed E-state index contributed by atoms with van der Waals surface area (Å²) in [5, 5.41) is 3.61. The summed E-state index contributed by atoms with van der Waals surface area (Å²) in [5.41, 5.74) is 5.67. The summed E-state index contributed by atoms with van der Waals surface area (Å²) < 4.78 is 0. The van der Waals surface area contributed by atoms with Gasteiger partial charge in [0.15, 0.2) is 0 Å². The highest BCUT2D eigenvalue weighted by Gasteiger charge is 2.19. The second kappa shape index (κ2) is 4.56. The average Bonchev–Trinajstić information content (AvgIpc) is 2.23. The maximum Gasteiger partial charge on any atom is 0.0452 e. The fourth-order valence-corrected chi connectivity index (χ4v) is 2.46. The van der Waals surface area contributed by atoms with E-state index in [0.29, 0.717) is 6.04 Å². The van der Waals surface area contributed by atoms with Gasteiger partial charge in [-0.05, 0) is 50.1 Å². The van der Waals surface area contributed by atoms with Gasteiger partial charge in [0.25, 0.3) is 0 Å². The van der Waals surface area contributed by atoms with Crippen molar-refractivity contribution in [2.75, 3.05) is 26.7 Å². The molecule has 1 aromatic rings. The molecule has 1 atom stereocenters. The van der Waals surface area contributed by atoms with E-state index in [1.807, 2.05) is 0 Å². The first-order chi connectivity index (χ1) is 7.58. The number of hydrogen-bond donors (Lipinski definition) is 1. The highest BCUT2D eigenvalue weighted by molar-refractivity contribution is 5.38. The van der Waals surface area contributed by atoms with Crippen LogP contribution in [0.4, 0.5) is 0 Å². The zero-order chi connectivity index (χ0) is 11.7. The van der Waals surface area contributed by atoms with Crippen LogP contribution in [0.1, 0.15) is 28.3 Å². The summed E-state index contributed by atoms with van der Waals surface area (Å²) in [4.78, 5) is 2.40. The second-order valence-electron chi connectivity index (χ2n) is 5.06. The third kappa shape index (κ3) is 2.28. The lowest BCUT2D eigenvalue weighted by atomic mass is 9.95. The van der Waals surface area contributed by atoms with Crippen LogP contribution in [0.25, 0.3) is 0 Å². The molecule has 1 aliphatic heterocycles. The van der Waals surface area contributed by atoms with Crippen molar-refractivity contribution in [2.24, 2.45) is 0 Å². The number of rotatable bonds is 1.